The fourth-order valence-electron chi connectivity index (χ4n) is 2.67. The molecule has 140 valence electrons. The van der Waals surface area contributed by atoms with Crippen molar-refractivity contribution in [1.29, 1.82) is 0 Å². The average molecular weight is 356 g/mol. The van der Waals surface area contributed by atoms with Crippen LogP contribution >= 0.6 is 0 Å². The van der Waals surface area contributed by atoms with E-state index in [1.807, 2.05) is 6.07 Å². The van der Waals surface area contributed by atoms with Crippen LogP contribution in [0.15, 0.2) is 47.5 Å². The predicted octanol–water partition coefficient (Wildman–Crippen LogP) is 3.45. The lowest BCUT2D eigenvalue weighted by Gasteiger charge is -2.15. The van der Waals surface area contributed by atoms with Gasteiger partial charge in [-0.05, 0) is 48.8 Å². The highest BCUT2D eigenvalue weighted by Crippen LogP contribution is 2.09. The topological polar surface area (TPSA) is 39.7 Å². The first-order valence-corrected chi connectivity index (χ1v) is 8.97. The number of nitrogens with one attached hydrogen (secondary N) is 2. The predicted molar refractivity (Wildman–Crippen MR) is 107 cm³/mol. The lowest BCUT2D eigenvalue weighted by molar-refractivity contribution is 0.345. The minimum Gasteiger partial charge on any atom is -0.352 e. The minimum atomic E-state index is -0.176. The van der Waals surface area contributed by atoms with E-state index in [1.165, 1.54) is 17.2 Å². The van der Waals surface area contributed by atoms with Crippen LogP contribution in [0.1, 0.15) is 29.2 Å². The van der Waals surface area contributed by atoms with Crippen LogP contribution in [-0.4, -0.2) is 31.5 Å². The molecule has 0 amide bonds. The summed E-state index contributed by atoms with van der Waals surface area (Å²) in [5, 5.41) is 6.59. The molecule has 0 aromatic heterocycles. The third-order valence-corrected chi connectivity index (χ3v) is 4.35. The van der Waals surface area contributed by atoms with Gasteiger partial charge in [-0.15, -0.1) is 0 Å². The van der Waals surface area contributed by atoms with Crippen LogP contribution in [-0.2, 0) is 19.6 Å². The van der Waals surface area contributed by atoms with Gasteiger partial charge in [0.2, 0.25) is 0 Å². The summed E-state index contributed by atoms with van der Waals surface area (Å²) >= 11 is 0. The van der Waals surface area contributed by atoms with Crippen molar-refractivity contribution in [3.63, 3.8) is 0 Å². The summed E-state index contributed by atoms with van der Waals surface area (Å²) in [6.45, 7) is 7.20. The first-order valence-electron chi connectivity index (χ1n) is 8.97. The molecule has 0 aliphatic heterocycles. The van der Waals surface area contributed by atoms with Crippen molar-refractivity contribution in [3.05, 3.63) is 70.5 Å². The lowest BCUT2D eigenvalue weighted by atomic mass is 10.1. The second-order valence-corrected chi connectivity index (χ2v) is 6.51. The maximum Gasteiger partial charge on any atom is 0.191 e. The van der Waals surface area contributed by atoms with Gasteiger partial charge >= 0.3 is 0 Å². The van der Waals surface area contributed by atoms with Gasteiger partial charge in [0.25, 0.3) is 0 Å². The fourth-order valence-corrected chi connectivity index (χ4v) is 2.67. The molecule has 2 aromatic rings. The zero-order chi connectivity index (χ0) is 18.9. The lowest BCUT2D eigenvalue weighted by Crippen LogP contribution is -2.36. The summed E-state index contributed by atoms with van der Waals surface area (Å²) < 4.78 is 13.3. The normalized spacial score (nSPS) is 11.7. The van der Waals surface area contributed by atoms with Crippen LogP contribution in [0, 0.1) is 12.7 Å². The Morgan fingerprint density at radius 2 is 1.69 bits per heavy atom. The first kappa shape index (κ1) is 19.9. The molecule has 2 N–H and O–H groups in total. The van der Waals surface area contributed by atoms with Crippen LogP contribution in [0.4, 0.5) is 4.39 Å². The molecule has 2 rings (SSSR count). The largest absolute Gasteiger partial charge is 0.352 e. The molecule has 0 bridgehead atoms. The molecule has 2 aromatic carbocycles. The molecule has 0 spiro atoms. The third kappa shape index (κ3) is 6.15. The van der Waals surface area contributed by atoms with Gasteiger partial charge in [0.05, 0.1) is 0 Å². The van der Waals surface area contributed by atoms with E-state index >= 15 is 0 Å². The van der Waals surface area contributed by atoms with E-state index < -0.39 is 0 Å². The molecule has 0 aliphatic rings. The van der Waals surface area contributed by atoms with Gasteiger partial charge < -0.3 is 15.5 Å². The summed E-state index contributed by atoms with van der Waals surface area (Å²) in [5.74, 6) is 0.549. The fraction of sp³-hybridized carbons (Fsp3) is 0.381. The second kappa shape index (κ2) is 9.92. The smallest absolute Gasteiger partial charge is 0.191 e. The number of halogens is 1. The van der Waals surface area contributed by atoms with Gasteiger partial charge in [-0.1, -0.05) is 43.3 Å². The highest BCUT2D eigenvalue weighted by atomic mass is 19.1. The molecule has 0 radical (unpaired) electrons. The molecule has 0 fully saturated rings. The number of hydrogen-bond acceptors (Lipinski definition) is 2. The van der Waals surface area contributed by atoms with Gasteiger partial charge in [0.1, 0.15) is 5.82 Å². The van der Waals surface area contributed by atoms with Crippen molar-refractivity contribution >= 4 is 5.96 Å². The second-order valence-electron chi connectivity index (χ2n) is 6.51. The van der Waals surface area contributed by atoms with E-state index in [1.54, 1.807) is 20.0 Å². The Kier molecular flexibility index (Phi) is 7.60. The number of rotatable bonds is 7. The number of hydrogen-bond donors (Lipinski definition) is 2. The van der Waals surface area contributed by atoms with Gasteiger partial charge in [0, 0.05) is 26.7 Å². The molecule has 0 saturated carbocycles. The molecular weight excluding hydrogens is 327 g/mol. The van der Waals surface area contributed by atoms with Gasteiger partial charge in [-0.3, -0.25) is 4.99 Å². The molecule has 0 atom stereocenters. The van der Waals surface area contributed by atoms with Crippen molar-refractivity contribution in [2.75, 3.05) is 20.6 Å². The molecule has 0 saturated heterocycles. The van der Waals surface area contributed by atoms with Crippen molar-refractivity contribution in [3.8, 4) is 0 Å². The van der Waals surface area contributed by atoms with Crippen LogP contribution < -0.4 is 10.6 Å². The standard InChI is InChI=1S/C21H29FN4/c1-5-26(4)15-19-8-6-7-17(12-19)13-24-21(23-3)25-14-18-9-10-20(22)16(2)11-18/h6-12H,5,13-15H2,1-4H3,(H2,23,24,25). The van der Waals surface area contributed by atoms with Crippen LogP contribution in [0.2, 0.25) is 0 Å². The SMILES string of the molecule is CCN(C)Cc1cccc(CNC(=NC)NCc2ccc(F)c(C)c2)c1. The number of aliphatic imine (C=N–C) groups is 1. The van der Waals surface area contributed by atoms with Crippen LogP contribution in [0.25, 0.3) is 0 Å². The van der Waals surface area contributed by atoms with Gasteiger partial charge in [-0.25, -0.2) is 4.39 Å². The zero-order valence-corrected chi connectivity index (χ0v) is 16.1. The number of aryl methyl sites for hydroxylation is 1. The Morgan fingerprint density at radius 1 is 1.04 bits per heavy atom. The van der Waals surface area contributed by atoms with E-state index in [0.29, 0.717) is 18.7 Å². The van der Waals surface area contributed by atoms with E-state index in [-0.39, 0.29) is 5.82 Å². The monoisotopic (exact) mass is 356 g/mol. The molecule has 5 heteroatoms. The molecule has 0 heterocycles. The van der Waals surface area contributed by atoms with Crippen LogP contribution in [0.3, 0.4) is 0 Å². The Morgan fingerprint density at radius 3 is 2.31 bits per heavy atom. The van der Waals surface area contributed by atoms with E-state index in [2.05, 4.69) is 58.8 Å². The molecule has 0 aliphatic carbocycles. The van der Waals surface area contributed by atoms with E-state index in [9.17, 15) is 4.39 Å². The van der Waals surface area contributed by atoms with E-state index in [0.717, 1.165) is 24.6 Å². The molecule has 26 heavy (non-hydrogen) atoms. The van der Waals surface area contributed by atoms with Gasteiger partial charge in [0.15, 0.2) is 5.96 Å². The summed E-state index contributed by atoms with van der Waals surface area (Å²) in [5.41, 5.74) is 4.20. The summed E-state index contributed by atoms with van der Waals surface area (Å²) in [4.78, 5) is 6.53. The van der Waals surface area contributed by atoms with E-state index in [4.69, 9.17) is 0 Å². The summed E-state index contributed by atoms with van der Waals surface area (Å²) in [7, 11) is 3.87. The molecule has 0 unspecified atom stereocenters. The maximum atomic E-state index is 13.3. The highest BCUT2D eigenvalue weighted by Gasteiger charge is 2.03. The van der Waals surface area contributed by atoms with Crippen molar-refractivity contribution < 1.29 is 4.39 Å². The molecule has 4 nitrogen and oxygen atoms in total. The van der Waals surface area contributed by atoms with Crippen LogP contribution in [0.5, 0.6) is 0 Å². The van der Waals surface area contributed by atoms with Crippen molar-refractivity contribution in [1.82, 2.24) is 15.5 Å². The Bertz CT molecular complexity index is 743. The highest BCUT2D eigenvalue weighted by molar-refractivity contribution is 5.79. The van der Waals surface area contributed by atoms with Gasteiger partial charge in [-0.2, -0.15) is 0 Å². The summed E-state index contributed by atoms with van der Waals surface area (Å²) in [6, 6.07) is 13.7. The first-order chi connectivity index (χ1) is 12.5. The number of benzene rings is 2. The Labute approximate surface area is 156 Å². The Balaban J connectivity index is 1.88. The Hall–Kier alpha value is -2.40. The molecular formula is C21H29FN4. The van der Waals surface area contributed by atoms with Crippen molar-refractivity contribution in [2.24, 2.45) is 4.99 Å². The average Bonchev–Trinajstić information content (AvgIpc) is 2.65. The third-order valence-electron chi connectivity index (χ3n) is 4.35. The number of nitrogens with zero attached hydrogens (tertiary/aromatic N) is 2. The number of guanidine groups is 1. The minimum absolute atomic E-state index is 0.176. The quantitative estimate of drug-likeness (QED) is 0.590. The summed E-state index contributed by atoms with van der Waals surface area (Å²) in [6.07, 6.45) is 0. The van der Waals surface area contributed by atoms with Crippen molar-refractivity contribution in [2.45, 2.75) is 33.5 Å². The zero-order valence-electron chi connectivity index (χ0n) is 16.1. The maximum absolute atomic E-state index is 13.3.